The van der Waals surface area contributed by atoms with Crippen LogP contribution >= 0.6 is 0 Å². The van der Waals surface area contributed by atoms with Crippen LogP contribution in [-0.4, -0.2) is 8.80 Å². The van der Waals surface area contributed by atoms with Gasteiger partial charge in [0, 0.05) is 14.4 Å². The van der Waals surface area contributed by atoms with E-state index >= 15 is 0 Å². The van der Waals surface area contributed by atoms with Gasteiger partial charge >= 0.3 is 0 Å². The summed E-state index contributed by atoms with van der Waals surface area (Å²) in [6.45, 7) is 2.33. The van der Waals surface area contributed by atoms with Crippen molar-refractivity contribution >= 4 is 8.80 Å². The van der Waals surface area contributed by atoms with Crippen molar-refractivity contribution in [3.05, 3.63) is 95.1 Å². The number of rotatable bonds is 7. The molecule has 0 aliphatic carbocycles. The first-order chi connectivity index (χ1) is 15.1. The molecule has 0 atom stereocenters. The third-order valence-electron chi connectivity index (χ3n) is 6.89. The van der Waals surface area contributed by atoms with Crippen molar-refractivity contribution in [1.29, 1.82) is 0 Å². The molecule has 4 rings (SSSR count). The Labute approximate surface area is 186 Å². The number of hydrogen-bond acceptors (Lipinski definition) is 0. The molecule has 1 aliphatic heterocycles. The summed E-state index contributed by atoms with van der Waals surface area (Å²) in [6.07, 6.45) is 5.86. The van der Waals surface area contributed by atoms with E-state index in [1.807, 2.05) is 6.07 Å². The molecular formula is C28H32F2Si. The summed E-state index contributed by atoms with van der Waals surface area (Å²) < 4.78 is 27.7. The fourth-order valence-electron chi connectivity index (χ4n) is 5.02. The molecule has 0 aromatic heterocycles. The number of aryl methyl sites for hydroxylation is 2. The van der Waals surface area contributed by atoms with Gasteiger partial charge in [-0.15, -0.1) is 0 Å². The van der Waals surface area contributed by atoms with Crippen LogP contribution in [0.2, 0.25) is 18.1 Å². The molecule has 0 N–H and O–H groups in total. The van der Waals surface area contributed by atoms with E-state index in [0.29, 0.717) is 11.1 Å². The number of halogens is 2. The van der Waals surface area contributed by atoms with E-state index in [1.165, 1.54) is 60.7 Å². The molecular weight excluding hydrogens is 402 g/mol. The molecule has 1 heterocycles. The smallest absolute Gasteiger partial charge is 0.131 e. The van der Waals surface area contributed by atoms with Gasteiger partial charge < -0.3 is 0 Å². The van der Waals surface area contributed by atoms with E-state index in [2.05, 4.69) is 31.2 Å². The topological polar surface area (TPSA) is 0 Å². The molecule has 1 fully saturated rings. The molecule has 3 aromatic carbocycles. The lowest BCUT2D eigenvalue weighted by molar-refractivity contribution is 0.605. The summed E-state index contributed by atoms with van der Waals surface area (Å²) in [5.41, 5.74) is 5.02. The van der Waals surface area contributed by atoms with Gasteiger partial charge in [-0.1, -0.05) is 80.0 Å². The Hall–Kier alpha value is -2.26. The molecule has 1 aliphatic rings. The standard InChI is InChI=1S/C28H32F2Si/c1-2-17-31-18-15-24(16-19-31)23-8-5-21(6-9-23)3-4-22-7-14-27(28(30)20-22)25-10-12-26(29)13-11-25/h5-14,20,24,31H,2-4,15-19H2,1H3. The highest BCUT2D eigenvalue weighted by Crippen LogP contribution is 2.35. The highest BCUT2D eigenvalue weighted by atomic mass is 28.3. The van der Waals surface area contributed by atoms with Crippen molar-refractivity contribution in [2.24, 2.45) is 0 Å². The van der Waals surface area contributed by atoms with Gasteiger partial charge in [0.2, 0.25) is 0 Å². The second-order valence-corrected chi connectivity index (χ2v) is 12.5. The molecule has 3 heteroatoms. The van der Waals surface area contributed by atoms with Crippen LogP contribution in [0, 0.1) is 11.6 Å². The van der Waals surface area contributed by atoms with Crippen LogP contribution in [0.5, 0.6) is 0 Å². The van der Waals surface area contributed by atoms with Gasteiger partial charge in [0.05, 0.1) is 0 Å². The molecule has 0 nitrogen and oxygen atoms in total. The quantitative estimate of drug-likeness (QED) is 0.331. The van der Waals surface area contributed by atoms with Crippen molar-refractivity contribution < 1.29 is 8.78 Å². The van der Waals surface area contributed by atoms with E-state index in [4.69, 9.17) is 0 Å². The van der Waals surface area contributed by atoms with Crippen molar-refractivity contribution in [3.8, 4) is 11.1 Å². The monoisotopic (exact) mass is 434 g/mol. The maximum Gasteiger partial charge on any atom is 0.131 e. The fraction of sp³-hybridized carbons (Fsp3) is 0.357. The summed E-state index contributed by atoms with van der Waals surface area (Å²) in [5.74, 6) is 0.197. The molecule has 0 unspecified atom stereocenters. The van der Waals surface area contributed by atoms with Crippen LogP contribution in [0.3, 0.4) is 0 Å². The largest absolute Gasteiger partial charge is 0.207 e. The zero-order valence-electron chi connectivity index (χ0n) is 18.4. The Morgan fingerprint density at radius 1 is 0.806 bits per heavy atom. The molecule has 0 radical (unpaired) electrons. The van der Waals surface area contributed by atoms with Crippen LogP contribution in [0.25, 0.3) is 11.1 Å². The normalized spacial score (nSPS) is 18.8. The Kier molecular flexibility index (Phi) is 7.34. The molecule has 1 saturated heterocycles. The van der Waals surface area contributed by atoms with Gasteiger partial charge in [0.15, 0.2) is 0 Å². The van der Waals surface area contributed by atoms with Crippen LogP contribution in [0.4, 0.5) is 8.78 Å². The Morgan fingerprint density at radius 2 is 1.45 bits per heavy atom. The van der Waals surface area contributed by atoms with Gasteiger partial charge in [-0.2, -0.15) is 0 Å². The van der Waals surface area contributed by atoms with E-state index in [0.717, 1.165) is 24.3 Å². The molecule has 0 amide bonds. The molecule has 0 spiro atoms. The van der Waals surface area contributed by atoms with Crippen LogP contribution in [-0.2, 0) is 12.8 Å². The van der Waals surface area contributed by atoms with Gasteiger partial charge in [-0.25, -0.2) is 8.78 Å². The first-order valence-electron chi connectivity index (χ1n) is 11.8. The first-order valence-corrected chi connectivity index (χ1v) is 14.2. The lowest BCUT2D eigenvalue weighted by atomic mass is 9.92. The number of benzene rings is 3. The minimum atomic E-state index is -0.422. The van der Waals surface area contributed by atoms with Gasteiger partial charge in [-0.3, -0.25) is 0 Å². The highest BCUT2D eigenvalue weighted by molar-refractivity contribution is 6.59. The molecule has 3 aromatic rings. The molecule has 0 bridgehead atoms. The summed E-state index contributed by atoms with van der Waals surface area (Å²) in [6, 6.07) is 25.1. The average molecular weight is 435 g/mol. The summed E-state index contributed by atoms with van der Waals surface area (Å²) in [5, 5.41) is 0. The second kappa shape index (κ2) is 10.4. The molecule has 162 valence electrons. The van der Waals surface area contributed by atoms with Gasteiger partial charge in [0.25, 0.3) is 0 Å². The highest BCUT2D eigenvalue weighted by Gasteiger charge is 2.22. The molecule has 31 heavy (non-hydrogen) atoms. The minimum Gasteiger partial charge on any atom is -0.207 e. The zero-order chi connectivity index (χ0) is 21.6. The van der Waals surface area contributed by atoms with Gasteiger partial charge in [-0.05, 0) is 72.1 Å². The van der Waals surface area contributed by atoms with Crippen LogP contribution in [0.1, 0.15) is 48.8 Å². The Morgan fingerprint density at radius 3 is 2.10 bits per heavy atom. The third-order valence-corrected chi connectivity index (χ3v) is 10.6. The average Bonchev–Trinajstić information content (AvgIpc) is 2.80. The van der Waals surface area contributed by atoms with Crippen molar-refractivity contribution in [3.63, 3.8) is 0 Å². The first kappa shape index (κ1) is 21.9. The summed E-state index contributed by atoms with van der Waals surface area (Å²) >= 11 is 0. The number of hydrogen-bond donors (Lipinski definition) is 0. The van der Waals surface area contributed by atoms with E-state index in [-0.39, 0.29) is 11.6 Å². The van der Waals surface area contributed by atoms with Crippen molar-refractivity contribution in [2.45, 2.75) is 63.1 Å². The van der Waals surface area contributed by atoms with Crippen LogP contribution < -0.4 is 0 Å². The summed E-state index contributed by atoms with van der Waals surface area (Å²) in [7, 11) is -0.422. The summed E-state index contributed by atoms with van der Waals surface area (Å²) in [4.78, 5) is 0. The lowest BCUT2D eigenvalue weighted by Crippen LogP contribution is -2.20. The predicted octanol–water partition coefficient (Wildman–Crippen LogP) is 7.93. The van der Waals surface area contributed by atoms with Crippen molar-refractivity contribution in [1.82, 2.24) is 0 Å². The zero-order valence-corrected chi connectivity index (χ0v) is 19.6. The Balaban J connectivity index is 1.33. The SMILES string of the molecule is CCC[SiH]1CCC(c2ccc(CCc3ccc(-c4ccc(F)cc4)c(F)c3)cc2)CC1. The minimum absolute atomic E-state index is 0.248. The maximum atomic E-state index is 14.6. The third kappa shape index (κ3) is 5.71. The van der Waals surface area contributed by atoms with Gasteiger partial charge in [0.1, 0.15) is 11.6 Å². The Bertz CT molecular complexity index is 971. The van der Waals surface area contributed by atoms with E-state index in [9.17, 15) is 8.78 Å². The predicted molar refractivity (Wildman–Crippen MR) is 129 cm³/mol. The van der Waals surface area contributed by atoms with E-state index in [1.54, 1.807) is 24.3 Å². The lowest BCUT2D eigenvalue weighted by Gasteiger charge is -2.27. The molecule has 0 saturated carbocycles. The second-order valence-electron chi connectivity index (χ2n) is 9.07. The fourth-order valence-corrected chi connectivity index (χ4v) is 8.45. The van der Waals surface area contributed by atoms with Crippen molar-refractivity contribution in [2.75, 3.05) is 0 Å². The van der Waals surface area contributed by atoms with Crippen LogP contribution in [0.15, 0.2) is 66.7 Å². The maximum absolute atomic E-state index is 14.6. The van der Waals surface area contributed by atoms with E-state index < -0.39 is 8.80 Å².